The number of carbonyl (C=O) groups is 1. The van der Waals surface area contributed by atoms with Crippen molar-refractivity contribution in [3.63, 3.8) is 0 Å². The van der Waals surface area contributed by atoms with Crippen LogP contribution in [-0.4, -0.2) is 62.0 Å². The van der Waals surface area contributed by atoms with Crippen LogP contribution in [0.1, 0.15) is 20.3 Å². The molecule has 2 N–H and O–H groups in total. The molecule has 7 heteroatoms. The molecule has 1 unspecified atom stereocenters. The van der Waals surface area contributed by atoms with E-state index in [1.165, 1.54) is 10.6 Å². The SMILES string of the molecule is CC(C)CC(C(N)=O)N1CCN(S(C)(=O)=O)CC1. The summed E-state index contributed by atoms with van der Waals surface area (Å²) in [5, 5.41) is 0. The van der Waals surface area contributed by atoms with Crippen molar-refractivity contribution < 1.29 is 13.2 Å². The molecule has 0 aromatic rings. The van der Waals surface area contributed by atoms with Gasteiger partial charge in [-0.15, -0.1) is 0 Å². The van der Waals surface area contributed by atoms with Crippen molar-refractivity contribution in [3.8, 4) is 0 Å². The molecule has 0 saturated carbocycles. The average Bonchev–Trinajstić information content (AvgIpc) is 2.24. The third-order valence-electron chi connectivity index (χ3n) is 3.21. The van der Waals surface area contributed by atoms with Crippen molar-refractivity contribution in [1.82, 2.24) is 9.21 Å². The van der Waals surface area contributed by atoms with Crippen LogP contribution < -0.4 is 5.73 Å². The Bertz CT molecular complexity index is 386. The molecule has 1 aliphatic rings. The van der Waals surface area contributed by atoms with E-state index in [0.717, 1.165) is 0 Å². The van der Waals surface area contributed by atoms with E-state index in [-0.39, 0.29) is 11.9 Å². The van der Waals surface area contributed by atoms with Gasteiger partial charge < -0.3 is 5.73 Å². The van der Waals surface area contributed by atoms with Gasteiger partial charge in [0.2, 0.25) is 15.9 Å². The quantitative estimate of drug-likeness (QED) is 0.732. The van der Waals surface area contributed by atoms with Crippen LogP contribution in [0.15, 0.2) is 0 Å². The number of amides is 1. The molecule has 1 saturated heterocycles. The van der Waals surface area contributed by atoms with Gasteiger partial charge in [0.05, 0.1) is 12.3 Å². The fourth-order valence-corrected chi connectivity index (χ4v) is 3.07. The number of piperazine rings is 1. The van der Waals surface area contributed by atoms with Crippen LogP contribution in [0.2, 0.25) is 0 Å². The monoisotopic (exact) mass is 277 g/mol. The van der Waals surface area contributed by atoms with Crippen LogP contribution in [-0.2, 0) is 14.8 Å². The molecular weight excluding hydrogens is 254 g/mol. The lowest BCUT2D eigenvalue weighted by molar-refractivity contribution is -0.124. The number of sulfonamides is 1. The molecule has 1 heterocycles. The third kappa shape index (κ3) is 4.22. The molecule has 0 aromatic heterocycles. The standard InChI is InChI=1S/C11H23N3O3S/c1-9(2)8-10(11(12)15)13-4-6-14(7-5-13)18(3,16)17/h9-10H,4-8H2,1-3H3,(H2,12,15). The maximum atomic E-state index is 11.5. The Morgan fingerprint density at radius 3 is 2.06 bits per heavy atom. The van der Waals surface area contributed by atoms with Gasteiger partial charge in [-0.3, -0.25) is 9.69 Å². The smallest absolute Gasteiger partial charge is 0.234 e. The largest absolute Gasteiger partial charge is 0.368 e. The fourth-order valence-electron chi connectivity index (χ4n) is 2.24. The lowest BCUT2D eigenvalue weighted by atomic mass is 10.0. The van der Waals surface area contributed by atoms with E-state index in [0.29, 0.717) is 38.5 Å². The maximum absolute atomic E-state index is 11.5. The first-order chi connectivity index (χ1) is 8.21. The fraction of sp³-hybridized carbons (Fsp3) is 0.909. The highest BCUT2D eigenvalue weighted by molar-refractivity contribution is 7.88. The molecule has 1 aliphatic heterocycles. The van der Waals surface area contributed by atoms with E-state index in [4.69, 9.17) is 5.73 Å². The lowest BCUT2D eigenvalue weighted by Gasteiger charge is -2.37. The number of nitrogens with two attached hydrogens (primary N) is 1. The molecule has 1 rings (SSSR count). The highest BCUT2D eigenvalue weighted by Gasteiger charge is 2.30. The second-order valence-corrected chi connectivity index (χ2v) is 7.23. The zero-order valence-electron chi connectivity index (χ0n) is 11.3. The van der Waals surface area contributed by atoms with Gasteiger partial charge in [0.25, 0.3) is 0 Å². The first-order valence-electron chi connectivity index (χ1n) is 6.20. The van der Waals surface area contributed by atoms with Gasteiger partial charge in [0, 0.05) is 26.2 Å². The summed E-state index contributed by atoms with van der Waals surface area (Å²) in [5.41, 5.74) is 5.42. The zero-order chi connectivity index (χ0) is 13.9. The molecule has 1 atom stereocenters. The second kappa shape index (κ2) is 5.99. The molecule has 0 spiro atoms. The molecular formula is C11H23N3O3S. The molecule has 1 fully saturated rings. The summed E-state index contributed by atoms with van der Waals surface area (Å²) in [6.07, 6.45) is 1.93. The van der Waals surface area contributed by atoms with E-state index in [1.54, 1.807) is 0 Å². The molecule has 0 aliphatic carbocycles. The molecule has 1 amide bonds. The summed E-state index contributed by atoms with van der Waals surface area (Å²) < 4.78 is 24.2. The Morgan fingerprint density at radius 1 is 1.22 bits per heavy atom. The Morgan fingerprint density at radius 2 is 1.72 bits per heavy atom. The minimum Gasteiger partial charge on any atom is -0.368 e. The predicted octanol–water partition coefficient (Wildman–Crippen LogP) is -0.536. The summed E-state index contributed by atoms with van der Waals surface area (Å²) in [6.45, 7) is 6.08. The van der Waals surface area contributed by atoms with Crippen molar-refractivity contribution in [2.24, 2.45) is 11.7 Å². The van der Waals surface area contributed by atoms with Crippen LogP contribution in [0.25, 0.3) is 0 Å². The van der Waals surface area contributed by atoms with Crippen LogP contribution in [0.3, 0.4) is 0 Å². The van der Waals surface area contributed by atoms with Crippen molar-refractivity contribution in [2.75, 3.05) is 32.4 Å². The first-order valence-corrected chi connectivity index (χ1v) is 8.05. The highest BCUT2D eigenvalue weighted by atomic mass is 32.2. The highest BCUT2D eigenvalue weighted by Crippen LogP contribution is 2.15. The normalized spacial score (nSPS) is 21.1. The molecule has 18 heavy (non-hydrogen) atoms. The maximum Gasteiger partial charge on any atom is 0.234 e. The summed E-state index contributed by atoms with van der Waals surface area (Å²) in [5.74, 6) is 0.0620. The number of hydrogen-bond acceptors (Lipinski definition) is 4. The lowest BCUT2D eigenvalue weighted by Crippen LogP contribution is -2.55. The molecule has 0 radical (unpaired) electrons. The molecule has 6 nitrogen and oxygen atoms in total. The first kappa shape index (κ1) is 15.4. The summed E-state index contributed by atoms with van der Waals surface area (Å²) >= 11 is 0. The Balaban J connectivity index is 2.62. The van der Waals surface area contributed by atoms with Crippen LogP contribution in [0, 0.1) is 5.92 Å². The zero-order valence-corrected chi connectivity index (χ0v) is 12.1. The number of nitrogens with zero attached hydrogens (tertiary/aromatic N) is 2. The van der Waals surface area contributed by atoms with Crippen molar-refractivity contribution in [3.05, 3.63) is 0 Å². The van der Waals surface area contributed by atoms with E-state index in [2.05, 4.69) is 0 Å². The van der Waals surface area contributed by atoms with E-state index in [1.807, 2.05) is 18.7 Å². The van der Waals surface area contributed by atoms with Crippen molar-refractivity contribution >= 4 is 15.9 Å². The van der Waals surface area contributed by atoms with Gasteiger partial charge in [-0.1, -0.05) is 13.8 Å². The number of carbonyl (C=O) groups excluding carboxylic acids is 1. The predicted molar refractivity (Wildman–Crippen MR) is 70.4 cm³/mol. The number of primary amides is 1. The topological polar surface area (TPSA) is 83.7 Å². The Labute approximate surface area is 109 Å². The minimum absolute atomic E-state index is 0.285. The van der Waals surface area contributed by atoms with Gasteiger partial charge in [0.15, 0.2) is 0 Å². The Hall–Kier alpha value is -0.660. The van der Waals surface area contributed by atoms with Crippen molar-refractivity contribution in [2.45, 2.75) is 26.3 Å². The second-order valence-electron chi connectivity index (χ2n) is 5.25. The van der Waals surface area contributed by atoms with E-state index < -0.39 is 10.0 Å². The van der Waals surface area contributed by atoms with Gasteiger partial charge >= 0.3 is 0 Å². The molecule has 0 bridgehead atoms. The number of hydrogen-bond donors (Lipinski definition) is 1. The average molecular weight is 277 g/mol. The Kier molecular flexibility index (Phi) is 5.12. The van der Waals surface area contributed by atoms with Crippen LogP contribution in [0.5, 0.6) is 0 Å². The molecule has 0 aromatic carbocycles. The summed E-state index contributed by atoms with van der Waals surface area (Å²) in [6, 6.07) is -0.285. The third-order valence-corrected chi connectivity index (χ3v) is 4.51. The summed E-state index contributed by atoms with van der Waals surface area (Å²) in [7, 11) is -3.13. The van der Waals surface area contributed by atoms with Crippen LogP contribution >= 0.6 is 0 Å². The summed E-state index contributed by atoms with van der Waals surface area (Å²) in [4.78, 5) is 13.5. The van der Waals surface area contributed by atoms with Gasteiger partial charge in [0.1, 0.15) is 0 Å². The van der Waals surface area contributed by atoms with E-state index >= 15 is 0 Å². The van der Waals surface area contributed by atoms with E-state index in [9.17, 15) is 13.2 Å². The van der Waals surface area contributed by atoms with Crippen molar-refractivity contribution in [1.29, 1.82) is 0 Å². The van der Waals surface area contributed by atoms with Gasteiger partial charge in [-0.25, -0.2) is 8.42 Å². The van der Waals surface area contributed by atoms with Gasteiger partial charge in [-0.05, 0) is 12.3 Å². The van der Waals surface area contributed by atoms with Crippen LogP contribution in [0.4, 0.5) is 0 Å². The number of rotatable bonds is 5. The molecule has 106 valence electrons. The van der Waals surface area contributed by atoms with Gasteiger partial charge in [-0.2, -0.15) is 4.31 Å². The minimum atomic E-state index is -3.13.